The number of nitrogens with zero attached hydrogens (tertiary/aromatic N) is 7. The Morgan fingerprint density at radius 2 is 2.05 bits per heavy atom. The summed E-state index contributed by atoms with van der Waals surface area (Å²) in [6.45, 7) is 2.49. The van der Waals surface area contributed by atoms with Gasteiger partial charge in [-0.2, -0.15) is 0 Å². The van der Waals surface area contributed by atoms with E-state index < -0.39 is 16.6 Å². The number of aromatic nitrogens is 5. The Hall–Kier alpha value is -5.22. The first-order valence-corrected chi connectivity index (χ1v) is 12.1. The van der Waals surface area contributed by atoms with Crippen LogP contribution in [0.4, 0.5) is 27.5 Å². The van der Waals surface area contributed by atoms with Crippen molar-refractivity contribution in [1.82, 2.24) is 24.5 Å². The number of aryl methyl sites for hydroxylation is 1. The molecule has 40 heavy (non-hydrogen) atoms. The molecule has 4 aromatic rings. The minimum atomic E-state index is -0.501. The number of imidazole rings is 1. The van der Waals surface area contributed by atoms with Crippen molar-refractivity contribution in [2.45, 2.75) is 13.5 Å². The second-order valence-electron chi connectivity index (χ2n) is 9.69. The van der Waals surface area contributed by atoms with Crippen LogP contribution in [0.3, 0.4) is 0 Å². The molecule has 204 valence electrons. The van der Waals surface area contributed by atoms with Crippen LogP contribution < -0.4 is 10.6 Å². The van der Waals surface area contributed by atoms with Gasteiger partial charge < -0.3 is 29.8 Å². The van der Waals surface area contributed by atoms with Crippen molar-refractivity contribution in [2.75, 3.05) is 31.3 Å². The molecule has 13 heteroatoms. The largest absolute Gasteiger partial charge is 0.391 e. The summed E-state index contributed by atoms with van der Waals surface area (Å²) in [6.07, 6.45) is 11.3. The predicted molar refractivity (Wildman–Crippen MR) is 148 cm³/mol. The first-order valence-electron chi connectivity index (χ1n) is 12.1. The number of rotatable bonds is 9. The first kappa shape index (κ1) is 27.8. The van der Waals surface area contributed by atoms with Gasteiger partial charge in [0.1, 0.15) is 30.3 Å². The topological polar surface area (TPSA) is 141 Å². The number of halogens is 1. The highest BCUT2D eigenvalue weighted by atomic mass is 19.1. The average molecular weight is 545 g/mol. The van der Waals surface area contributed by atoms with E-state index in [0.29, 0.717) is 51.5 Å². The number of carbonyl (C=O) groups excluding carboxylic acids is 1. The third kappa shape index (κ3) is 6.25. The Balaban J connectivity index is 1.45. The molecule has 0 aliphatic carbocycles. The van der Waals surface area contributed by atoms with E-state index in [4.69, 9.17) is 6.42 Å². The number of terminal acetylenes is 1. The van der Waals surface area contributed by atoms with Crippen LogP contribution in [0, 0.1) is 35.2 Å². The van der Waals surface area contributed by atoms with Crippen LogP contribution >= 0.6 is 0 Å². The number of carbonyl (C=O) groups is 1. The second-order valence-corrected chi connectivity index (χ2v) is 9.69. The molecule has 0 aliphatic heterocycles. The maximum atomic E-state index is 13.8. The first-order chi connectivity index (χ1) is 19.0. The molecule has 0 atom stereocenters. The van der Waals surface area contributed by atoms with Crippen molar-refractivity contribution in [3.63, 3.8) is 0 Å². The van der Waals surface area contributed by atoms with Crippen LogP contribution in [0.2, 0.25) is 0 Å². The summed E-state index contributed by atoms with van der Waals surface area (Å²) in [4.78, 5) is 40.3. The molecule has 0 saturated carbocycles. The molecular weight excluding hydrogens is 517 g/mol. The fraction of sp³-hybridized carbons (Fsp3) is 0.222. The highest BCUT2D eigenvalue weighted by molar-refractivity contribution is 6.00. The number of pyridine rings is 1. The Kier molecular flexibility index (Phi) is 7.83. The van der Waals surface area contributed by atoms with Crippen LogP contribution in [0.15, 0.2) is 48.9 Å². The van der Waals surface area contributed by atoms with Gasteiger partial charge in [0.15, 0.2) is 5.69 Å². The lowest BCUT2D eigenvalue weighted by atomic mass is 10.2. The zero-order valence-electron chi connectivity index (χ0n) is 22.3. The number of benzene rings is 1. The molecule has 0 unspecified atom stereocenters. The number of hydrogen-bond acceptors (Lipinski definition) is 8. The van der Waals surface area contributed by atoms with E-state index in [1.54, 1.807) is 30.7 Å². The van der Waals surface area contributed by atoms with Gasteiger partial charge in [-0.1, -0.05) is 5.92 Å². The van der Waals surface area contributed by atoms with Gasteiger partial charge in [-0.05, 0) is 40.2 Å². The normalized spacial score (nSPS) is 11.5. The Labute approximate surface area is 229 Å². The molecule has 12 nitrogen and oxygen atoms in total. The minimum absolute atomic E-state index is 0.111. The van der Waals surface area contributed by atoms with Gasteiger partial charge >= 0.3 is 5.82 Å². The quantitative estimate of drug-likeness (QED) is 0.107. The summed E-state index contributed by atoms with van der Waals surface area (Å²) in [5.41, 5.74) is 1.68. The molecule has 0 fully saturated rings. The summed E-state index contributed by atoms with van der Waals surface area (Å²) in [6, 6.07) is 5.91. The smallest absolute Gasteiger partial charge is 0.358 e. The summed E-state index contributed by atoms with van der Waals surface area (Å²) >= 11 is 0. The fourth-order valence-electron chi connectivity index (χ4n) is 4.02. The summed E-state index contributed by atoms with van der Waals surface area (Å²) < 4.78 is 15.8. The predicted octanol–water partition coefficient (Wildman–Crippen LogP) is 3.61. The number of amides is 1. The minimum Gasteiger partial charge on any atom is -0.358 e. The van der Waals surface area contributed by atoms with Gasteiger partial charge in [0.25, 0.3) is 0 Å². The van der Waals surface area contributed by atoms with Gasteiger partial charge in [-0.3, -0.25) is 4.79 Å². The molecule has 3 heterocycles. The van der Waals surface area contributed by atoms with Crippen LogP contribution in [0.25, 0.3) is 10.9 Å². The lowest BCUT2D eigenvalue weighted by Crippen LogP contribution is -2.39. The lowest BCUT2D eigenvalue weighted by molar-refractivity contribution is -0.898. The van der Waals surface area contributed by atoms with Crippen molar-refractivity contribution in [1.29, 1.82) is 0 Å². The standard InChI is InChI=1S/C27H26FN9O3/c1-6-18-12-19(9-10-21(18)28)33-26-20-13-24(29-14-22(20)30-16-31-26)34-25(38)8-7-11-37(4,5)15-23-27(36(39)40)32-17(2)35(23)3/h1,7-10,12-14,16H,11,15H2,2-5H3,(H-,29,30,31,33,34,38)/p+1/b8-7+. The van der Waals surface area contributed by atoms with Crippen LogP contribution in [-0.4, -0.2) is 60.5 Å². The number of hydrogen-bond donors (Lipinski definition) is 2. The van der Waals surface area contributed by atoms with E-state index in [-0.39, 0.29) is 17.2 Å². The highest BCUT2D eigenvalue weighted by Gasteiger charge is 2.29. The summed E-state index contributed by atoms with van der Waals surface area (Å²) in [7, 11) is 5.55. The van der Waals surface area contributed by atoms with Crippen molar-refractivity contribution >= 4 is 40.0 Å². The van der Waals surface area contributed by atoms with Gasteiger partial charge in [-0.15, -0.1) is 6.42 Å². The van der Waals surface area contributed by atoms with Gasteiger partial charge in [-0.25, -0.2) is 19.3 Å². The van der Waals surface area contributed by atoms with Crippen molar-refractivity contribution in [3.8, 4) is 12.3 Å². The lowest BCUT2D eigenvalue weighted by Gasteiger charge is -2.28. The molecule has 0 aliphatic rings. The Morgan fingerprint density at radius 1 is 1.27 bits per heavy atom. The van der Waals surface area contributed by atoms with E-state index in [0.717, 1.165) is 0 Å². The number of anilines is 3. The number of likely N-dealkylation sites (N-methyl/N-ethyl adjacent to an activating group) is 1. The Bertz CT molecular complexity index is 1690. The maximum absolute atomic E-state index is 13.8. The van der Waals surface area contributed by atoms with E-state index >= 15 is 0 Å². The molecule has 0 saturated heterocycles. The molecule has 4 rings (SSSR count). The molecule has 0 bridgehead atoms. The fourth-order valence-corrected chi connectivity index (χ4v) is 4.02. The molecule has 1 aromatic carbocycles. The second kappa shape index (κ2) is 11.3. The van der Waals surface area contributed by atoms with Crippen molar-refractivity contribution < 1.29 is 18.6 Å². The molecule has 3 aromatic heterocycles. The molecule has 1 amide bonds. The van der Waals surface area contributed by atoms with Gasteiger partial charge in [0.05, 0.1) is 37.9 Å². The van der Waals surface area contributed by atoms with Gasteiger partial charge in [0, 0.05) is 31.1 Å². The van der Waals surface area contributed by atoms with E-state index in [9.17, 15) is 19.3 Å². The third-order valence-electron chi connectivity index (χ3n) is 6.19. The van der Waals surface area contributed by atoms with Crippen molar-refractivity contribution in [3.05, 3.63) is 82.0 Å². The number of quaternary nitrogens is 1. The number of nitrogens with one attached hydrogen (secondary N) is 2. The molecule has 0 spiro atoms. The van der Waals surface area contributed by atoms with Crippen molar-refractivity contribution in [2.24, 2.45) is 7.05 Å². The SMILES string of the molecule is C#Cc1cc(Nc2ncnc3cnc(NC(=O)/C=C/C[N+](C)(C)Cc4c([N+](=O)[O-])nc(C)n4C)cc23)ccc1F. The third-order valence-corrected chi connectivity index (χ3v) is 6.19. The summed E-state index contributed by atoms with van der Waals surface area (Å²) in [5, 5.41) is 17.8. The zero-order chi connectivity index (χ0) is 29.0. The molecular formula is C27H27FN9O3+. The van der Waals surface area contributed by atoms with E-state index in [2.05, 4.69) is 36.5 Å². The maximum Gasteiger partial charge on any atom is 0.391 e. The van der Waals surface area contributed by atoms with E-state index in [1.807, 2.05) is 14.1 Å². The summed E-state index contributed by atoms with van der Waals surface area (Å²) in [5.74, 6) is 2.48. The number of nitro groups is 1. The molecule has 2 N–H and O–H groups in total. The van der Waals surface area contributed by atoms with E-state index in [1.165, 1.54) is 36.8 Å². The number of fused-ring (bicyclic) bond motifs is 1. The average Bonchev–Trinajstić information content (AvgIpc) is 3.18. The zero-order valence-corrected chi connectivity index (χ0v) is 22.3. The van der Waals surface area contributed by atoms with Crippen LogP contribution in [-0.2, 0) is 18.4 Å². The monoisotopic (exact) mass is 544 g/mol. The van der Waals surface area contributed by atoms with Crippen LogP contribution in [0.1, 0.15) is 17.1 Å². The Morgan fingerprint density at radius 3 is 2.77 bits per heavy atom. The molecule has 0 radical (unpaired) electrons. The van der Waals surface area contributed by atoms with Gasteiger partial charge in [0.2, 0.25) is 11.7 Å². The highest BCUT2D eigenvalue weighted by Crippen LogP contribution is 2.26. The van der Waals surface area contributed by atoms with Crippen LogP contribution in [0.5, 0.6) is 0 Å².